The van der Waals surface area contributed by atoms with Gasteiger partial charge in [0.15, 0.2) is 0 Å². The van der Waals surface area contributed by atoms with Gasteiger partial charge in [0.1, 0.15) is 5.69 Å². The SMILES string of the molecule is O=C1Nc2cc[nH]c2C1=O.[Sr]. The molecule has 1 amide bonds. The molecular formula is C6H4N2O2Sr. The molecule has 0 spiro atoms. The Morgan fingerprint density at radius 2 is 2.00 bits per heavy atom. The maximum Gasteiger partial charge on any atom is 0.298 e. The first kappa shape index (κ1) is 8.99. The maximum absolute atomic E-state index is 10.8. The summed E-state index contributed by atoms with van der Waals surface area (Å²) in [5.74, 6) is -1.04. The Kier molecular flexibility index (Phi) is 2.54. The first-order chi connectivity index (χ1) is 4.79. The number of ketones is 1. The topological polar surface area (TPSA) is 62.0 Å². The summed E-state index contributed by atoms with van der Waals surface area (Å²) < 4.78 is 0. The standard InChI is InChI=1S/C6H4N2O2.Sr/c9-5-4-3(1-2-7-4)8-6(5)10;/h1-2,7H,(H,8,9,10);. The smallest absolute Gasteiger partial charge is 0.298 e. The number of nitrogens with one attached hydrogen (secondary N) is 2. The number of hydrogen-bond donors (Lipinski definition) is 2. The first-order valence-electron chi connectivity index (χ1n) is 2.82. The van der Waals surface area contributed by atoms with E-state index in [4.69, 9.17) is 0 Å². The molecule has 2 heterocycles. The Bertz CT molecular complexity index is 318. The van der Waals surface area contributed by atoms with E-state index >= 15 is 0 Å². The molecule has 0 bridgehead atoms. The number of rotatable bonds is 0. The number of carbonyl (C=O) groups excluding carboxylic acids is 2. The van der Waals surface area contributed by atoms with E-state index in [0.717, 1.165) is 0 Å². The number of hydrogen-bond acceptors (Lipinski definition) is 2. The molecule has 0 aliphatic carbocycles. The normalized spacial score (nSPS) is 13.8. The molecule has 1 aliphatic heterocycles. The molecule has 1 aromatic rings. The zero-order chi connectivity index (χ0) is 7.14. The van der Waals surface area contributed by atoms with Gasteiger partial charge in [0.05, 0.1) is 5.69 Å². The van der Waals surface area contributed by atoms with Crippen LogP contribution in [0.2, 0.25) is 0 Å². The van der Waals surface area contributed by atoms with Crippen molar-refractivity contribution in [1.29, 1.82) is 0 Å². The average Bonchev–Trinajstić information content (AvgIpc) is 2.41. The van der Waals surface area contributed by atoms with Crippen molar-refractivity contribution in [2.75, 3.05) is 5.32 Å². The third kappa shape index (κ3) is 1.29. The summed E-state index contributed by atoms with van der Waals surface area (Å²) in [5.41, 5.74) is 0.944. The van der Waals surface area contributed by atoms with Crippen molar-refractivity contribution in [1.82, 2.24) is 4.98 Å². The fourth-order valence-corrected chi connectivity index (χ4v) is 0.954. The second-order valence-electron chi connectivity index (χ2n) is 2.05. The number of fused-ring (bicyclic) bond motifs is 1. The Hall–Kier alpha value is -0.0995. The van der Waals surface area contributed by atoms with Crippen LogP contribution in [-0.4, -0.2) is 62.2 Å². The van der Waals surface area contributed by atoms with E-state index in [-0.39, 0.29) is 45.5 Å². The minimum Gasteiger partial charge on any atom is -0.357 e. The molecule has 52 valence electrons. The predicted octanol–water partition coefficient (Wildman–Crippen LogP) is -0.231. The van der Waals surface area contributed by atoms with E-state index in [1.165, 1.54) is 0 Å². The number of anilines is 1. The average molecular weight is 224 g/mol. The Labute approximate surface area is 99.6 Å². The summed E-state index contributed by atoms with van der Waals surface area (Å²) in [5, 5.41) is 2.41. The van der Waals surface area contributed by atoms with Gasteiger partial charge in [0, 0.05) is 51.7 Å². The molecule has 0 aromatic carbocycles. The zero-order valence-corrected chi connectivity index (χ0v) is 9.15. The first-order valence-corrected chi connectivity index (χ1v) is 2.82. The quantitative estimate of drug-likeness (QED) is 0.472. The summed E-state index contributed by atoms with van der Waals surface area (Å²) >= 11 is 0. The fraction of sp³-hybridized carbons (Fsp3) is 0. The molecule has 0 unspecified atom stereocenters. The molecule has 0 fully saturated rings. The van der Waals surface area contributed by atoms with Gasteiger partial charge in [-0.2, -0.15) is 0 Å². The summed E-state index contributed by atoms with van der Waals surface area (Å²) in [6.45, 7) is 0. The largest absolute Gasteiger partial charge is 0.357 e. The molecule has 1 aliphatic rings. The van der Waals surface area contributed by atoms with Crippen LogP contribution in [0.15, 0.2) is 12.3 Å². The number of Topliss-reactive ketones (excluding diaryl/α,β-unsaturated/α-hetero) is 1. The van der Waals surface area contributed by atoms with Gasteiger partial charge in [-0.25, -0.2) is 0 Å². The third-order valence-electron chi connectivity index (χ3n) is 1.43. The van der Waals surface area contributed by atoms with E-state index in [1.807, 2.05) is 0 Å². The van der Waals surface area contributed by atoms with Crippen molar-refractivity contribution >= 4 is 62.9 Å². The van der Waals surface area contributed by atoms with Gasteiger partial charge >= 0.3 is 0 Å². The van der Waals surface area contributed by atoms with Crippen LogP contribution >= 0.6 is 0 Å². The molecule has 0 saturated heterocycles. The van der Waals surface area contributed by atoms with E-state index in [1.54, 1.807) is 12.3 Å². The van der Waals surface area contributed by atoms with Gasteiger partial charge in [0.2, 0.25) is 0 Å². The molecule has 2 N–H and O–H groups in total. The van der Waals surface area contributed by atoms with Crippen molar-refractivity contribution < 1.29 is 9.59 Å². The molecule has 1 aromatic heterocycles. The monoisotopic (exact) mass is 224 g/mol. The Balaban J connectivity index is 0.000000605. The maximum atomic E-state index is 10.8. The molecule has 0 saturated carbocycles. The number of carbonyl (C=O) groups is 2. The van der Waals surface area contributed by atoms with Crippen molar-refractivity contribution in [2.24, 2.45) is 0 Å². The minimum absolute atomic E-state index is 0. The Morgan fingerprint density at radius 3 is 2.64 bits per heavy atom. The summed E-state index contributed by atoms with van der Waals surface area (Å²) in [6.07, 6.45) is 1.61. The molecule has 5 heteroatoms. The molecule has 2 radical (unpaired) electrons. The summed E-state index contributed by atoms with van der Waals surface area (Å²) in [4.78, 5) is 24.1. The van der Waals surface area contributed by atoms with Crippen LogP contribution in [0, 0.1) is 0 Å². The molecule has 2 rings (SSSR count). The number of H-pyrrole nitrogens is 1. The van der Waals surface area contributed by atoms with Gasteiger partial charge in [-0.3, -0.25) is 9.59 Å². The zero-order valence-electron chi connectivity index (χ0n) is 5.68. The molecular weight excluding hydrogens is 220 g/mol. The summed E-state index contributed by atoms with van der Waals surface area (Å²) in [7, 11) is 0. The van der Waals surface area contributed by atoms with Gasteiger partial charge in [-0.1, -0.05) is 0 Å². The van der Waals surface area contributed by atoms with E-state index in [2.05, 4.69) is 10.3 Å². The van der Waals surface area contributed by atoms with Crippen LogP contribution in [0.4, 0.5) is 5.69 Å². The van der Waals surface area contributed by atoms with Gasteiger partial charge < -0.3 is 10.3 Å². The van der Waals surface area contributed by atoms with Gasteiger partial charge in [-0.15, -0.1) is 0 Å². The van der Waals surface area contributed by atoms with Crippen LogP contribution < -0.4 is 5.32 Å². The predicted molar refractivity (Wildman–Crippen MR) is 39.5 cm³/mol. The minimum atomic E-state index is -0.554. The second-order valence-corrected chi connectivity index (χ2v) is 2.05. The molecule has 11 heavy (non-hydrogen) atoms. The summed E-state index contributed by atoms with van der Waals surface area (Å²) in [6, 6.07) is 1.65. The van der Waals surface area contributed by atoms with Crippen LogP contribution in [0.5, 0.6) is 0 Å². The van der Waals surface area contributed by atoms with E-state index < -0.39 is 11.7 Å². The van der Waals surface area contributed by atoms with Crippen LogP contribution in [0.1, 0.15) is 10.5 Å². The van der Waals surface area contributed by atoms with Crippen LogP contribution in [-0.2, 0) is 4.79 Å². The van der Waals surface area contributed by atoms with Crippen molar-refractivity contribution in [3.8, 4) is 0 Å². The third-order valence-corrected chi connectivity index (χ3v) is 1.43. The molecule has 0 atom stereocenters. The van der Waals surface area contributed by atoms with Gasteiger partial charge in [0.25, 0.3) is 11.7 Å². The van der Waals surface area contributed by atoms with Gasteiger partial charge in [-0.05, 0) is 6.07 Å². The van der Waals surface area contributed by atoms with Crippen LogP contribution in [0.25, 0.3) is 0 Å². The van der Waals surface area contributed by atoms with Crippen molar-refractivity contribution in [3.05, 3.63) is 18.0 Å². The van der Waals surface area contributed by atoms with Crippen molar-refractivity contribution in [3.63, 3.8) is 0 Å². The fourth-order valence-electron chi connectivity index (χ4n) is 0.954. The molecule has 4 nitrogen and oxygen atoms in total. The van der Waals surface area contributed by atoms with E-state index in [0.29, 0.717) is 11.4 Å². The number of aromatic nitrogens is 1. The second kappa shape index (κ2) is 3.10. The Morgan fingerprint density at radius 1 is 1.27 bits per heavy atom. The number of aromatic amines is 1. The van der Waals surface area contributed by atoms with Crippen molar-refractivity contribution in [2.45, 2.75) is 0 Å². The number of amides is 1. The van der Waals surface area contributed by atoms with Crippen LogP contribution in [0.3, 0.4) is 0 Å². The van der Waals surface area contributed by atoms with E-state index in [9.17, 15) is 9.59 Å².